The maximum absolute atomic E-state index is 13.1. The maximum Gasteiger partial charge on any atom is 0.220 e. The topological polar surface area (TPSA) is 293 Å². The number of piperidine rings is 1. The number of primary amides is 1. The van der Waals surface area contributed by atoms with E-state index in [4.69, 9.17) is 94.8 Å². The number of fused-ring (bicyclic) bond motifs is 6. The minimum absolute atomic E-state index is 0.0247. The fourth-order valence-electron chi connectivity index (χ4n) is 18.8. The van der Waals surface area contributed by atoms with E-state index < -0.39 is 0 Å². The summed E-state index contributed by atoms with van der Waals surface area (Å²) < 4.78 is 52.9. The number of anilines is 6. The number of aryl methyl sites for hydroxylation is 2. The summed E-state index contributed by atoms with van der Waals surface area (Å²) in [5, 5.41) is 37.9. The zero-order valence-electron chi connectivity index (χ0n) is 80.3. The number of morpholine rings is 5. The van der Waals surface area contributed by atoms with Crippen LogP contribution in [-0.4, -0.2) is 237 Å². The van der Waals surface area contributed by atoms with Crippen LogP contribution < -0.4 is 35.1 Å². The van der Waals surface area contributed by atoms with E-state index >= 15 is 0 Å². The van der Waals surface area contributed by atoms with Crippen LogP contribution in [0.4, 0.5) is 39.3 Å². The monoisotopic (exact) mass is 1970 g/mol. The van der Waals surface area contributed by atoms with Crippen LogP contribution in [-0.2, 0) is 28.5 Å². The molecule has 6 aliphatic heterocycles. The Bertz CT molecular complexity index is 7160. The number of nitrogens with zero attached hydrogens (tertiary/aromatic N) is 24. The number of aromatic nitrogens is 18. The van der Waals surface area contributed by atoms with E-state index in [0.29, 0.717) is 40.2 Å². The molecule has 142 heavy (non-hydrogen) atoms. The molecule has 31 nitrogen and oxygen atoms in total. The molecule has 0 spiro atoms. The molecule has 0 radical (unpaired) electrons. The summed E-state index contributed by atoms with van der Waals surface area (Å²) in [6.45, 7) is 29.3. The molecule has 4 atom stereocenters. The second kappa shape index (κ2) is 44.4. The lowest BCUT2D eigenvalue weighted by Crippen LogP contribution is -2.45. The minimum atomic E-state index is -0.258. The molecule has 6 fully saturated rings. The smallest absolute Gasteiger partial charge is 0.220 e. The summed E-state index contributed by atoms with van der Waals surface area (Å²) in [7, 11) is 0. The molecular formula is C107H113Cl3FN25O6. The van der Waals surface area contributed by atoms with Gasteiger partial charge in [0.1, 0.15) is 5.82 Å². The highest BCUT2D eigenvalue weighted by molar-refractivity contribution is 6.31. The van der Waals surface area contributed by atoms with Crippen LogP contribution in [0.15, 0.2) is 256 Å². The van der Waals surface area contributed by atoms with Crippen molar-refractivity contribution in [2.45, 2.75) is 92.1 Å². The molecule has 24 rings (SSSR count). The summed E-state index contributed by atoms with van der Waals surface area (Å²) in [5.74, 6) is 5.99. The van der Waals surface area contributed by atoms with Crippen LogP contribution in [0.5, 0.6) is 0 Å². The van der Waals surface area contributed by atoms with Crippen molar-refractivity contribution in [3.8, 4) is 34.1 Å². The highest BCUT2D eigenvalue weighted by Gasteiger charge is 2.33. The third kappa shape index (κ3) is 22.0. The van der Waals surface area contributed by atoms with Gasteiger partial charge in [-0.2, -0.15) is 0 Å². The normalized spacial score (nSPS) is 17.4. The van der Waals surface area contributed by atoms with Gasteiger partial charge in [0.25, 0.3) is 0 Å². The van der Waals surface area contributed by atoms with E-state index in [-0.39, 0.29) is 36.0 Å². The molecule has 18 aromatic rings. The van der Waals surface area contributed by atoms with Gasteiger partial charge in [0.05, 0.1) is 175 Å². The number of pyridine rings is 6. The summed E-state index contributed by atoms with van der Waals surface area (Å²) >= 11 is 18.0. The first kappa shape index (κ1) is 96.8. The third-order valence-corrected chi connectivity index (χ3v) is 26.7. The highest BCUT2D eigenvalue weighted by atomic mass is 35.5. The standard InChI is InChI=1S/C21H26N4O.C19H21N5O.C18H19ClN4O.C17H17ClN4O.C16H15ClN4O.C16H15FN4O/c1-15(2)12-18-14-24(10-11-26-18)21-19-8-9-22-13-20(19)25(23-21)17-6-4-16(3)5-7-17;1-13-2-4-15(5-3-13)24-17-12-21-9-6-16(17)19(22-24)23-10-7-14(8-11-23)18(20)25;1-12-10-22(11-13(2)24-12)18-16-7-8-20-9-17(16)23(21-18)15-5-3-14(19)4-6-15;1-12-11-23-9-8-21(12)17-15-6-7-19-10-16(15)22(20-17)14-4-2-13(18)3-5-14;2*17-12-1-3-13(4-2-12)21-15-11-18-6-5-14(15)16(19-21)20-7-9-22-10-8-20/h4-9,13,15,18H,10-12,14H2,1-3H3;2-6,9,12,14H,7-8,10-11H2,1H3,(H2,20,25);3-9,12-13H,10-11H2,1-2H3;2-7,10,12H,8-9,11H2,1H3;2*1-6,11H,7-10H2/t;;12-,13+;;;. The van der Waals surface area contributed by atoms with Gasteiger partial charge in [-0.05, 0) is 218 Å². The van der Waals surface area contributed by atoms with Crippen molar-refractivity contribution in [3.05, 3.63) is 288 Å². The molecule has 2 N–H and O–H groups in total. The second-order valence-electron chi connectivity index (χ2n) is 36.6. The first-order valence-electron chi connectivity index (χ1n) is 48.2. The first-order valence-corrected chi connectivity index (χ1v) is 49.3. The Morgan fingerprint density at radius 1 is 0.366 bits per heavy atom. The number of amides is 1. The van der Waals surface area contributed by atoms with E-state index in [1.807, 2.05) is 181 Å². The zero-order chi connectivity index (χ0) is 97.9. The van der Waals surface area contributed by atoms with Crippen molar-refractivity contribution in [2.75, 3.05) is 148 Å². The van der Waals surface area contributed by atoms with Crippen LogP contribution >= 0.6 is 34.8 Å². The van der Waals surface area contributed by atoms with Crippen molar-refractivity contribution >= 4 is 141 Å². The molecule has 6 saturated heterocycles. The van der Waals surface area contributed by atoms with Crippen LogP contribution in [0, 0.1) is 31.5 Å². The van der Waals surface area contributed by atoms with Crippen LogP contribution in [0.1, 0.15) is 65.0 Å². The predicted octanol–water partition coefficient (Wildman–Crippen LogP) is 18.7. The molecule has 2 unspecified atom stereocenters. The predicted molar refractivity (Wildman–Crippen MR) is 559 cm³/mol. The average molecular weight is 1970 g/mol. The van der Waals surface area contributed by atoms with Gasteiger partial charge in [0, 0.05) is 162 Å². The fraction of sp³-hybridized carbons (Fsp3) is 0.318. The highest BCUT2D eigenvalue weighted by Crippen LogP contribution is 2.38. The number of benzene rings is 6. The number of nitrogens with two attached hydrogens (primary N) is 1. The van der Waals surface area contributed by atoms with Crippen LogP contribution in [0.2, 0.25) is 15.1 Å². The van der Waals surface area contributed by atoms with Gasteiger partial charge in [0.2, 0.25) is 5.91 Å². The number of carbonyl (C=O) groups is 1. The largest absolute Gasteiger partial charge is 0.378 e. The van der Waals surface area contributed by atoms with Gasteiger partial charge in [-0.1, -0.05) is 84.0 Å². The van der Waals surface area contributed by atoms with E-state index in [1.54, 1.807) is 36.9 Å². The number of rotatable bonds is 15. The van der Waals surface area contributed by atoms with Crippen molar-refractivity contribution in [3.63, 3.8) is 0 Å². The van der Waals surface area contributed by atoms with E-state index in [9.17, 15) is 9.18 Å². The summed E-state index contributed by atoms with van der Waals surface area (Å²) in [6.07, 6.45) is 25.2. The Labute approximate surface area is 837 Å². The Morgan fingerprint density at radius 2 is 0.662 bits per heavy atom. The molecule has 6 aliphatic rings. The van der Waals surface area contributed by atoms with E-state index in [1.165, 1.54) is 23.3 Å². The molecule has 1 amide bonds. The Hall–Kier alpha value is -14.1. The second-order valence-corrected chi connectivity index (χ2v) is 37.9. The van der Waals surface area contributed by atoms with Gasteiger partial charge in [0.15, 0.2) is 34.9 Å². The van der Waals surface area contributed by atoms with Crippen molar-refractivity contribution < 1.29 is 32.9 Å². The summed E-state index contributed by atoms with van der Waals surface area (Å²) in [5.41, 5.74) is 19.6. The molecule has 0 bridgehead atoms. The lowest BCUT2D eigenvalue weighted by molar-refractivity contribution is -0.122. The molecule has 6 aromatic carbocycles. The summed E-state index contributed by atoms with van der Waals surface area (Å²) in [6, 6.07) is 58.5. The SMILES string of the molecule is CC1COCCN1c1nn(-c2ccc(Cl)cc2)c2cnccc12.C[C@@H]1CN(c2nn(-c3ccc(Cl)cc3)c3cnccc23)C[C@H](C)O1.Cc1ccc(-n2nc(N3CCC(C(N)=O)CC3)c3ccncc32)cc1.Cc1ccc(-n2nc(N3CCOC(CC(C)C)C3)c3ccncc32)cc1.Clc1ccc(-n2nc(N3CCOCC3)c3ccncc32)cc1.Fc1ccc(-n2nc(N3CCOCC3)c3ccncc32)cc1. The molecule has 12 aromatic heterocycles. The lowest BCUT2D eigenvalue weighted by atomic mass is 9.96. The minimum Gasteiger partial charge on any atom is -0.378 e. The number of hydrogen-bond donors (Lipinski definition) is 1. The molecule has 730 valence electrons. The van der Waals surface area contributed by atoms with Crippen LogP contribution in [0.3, 0.4) is 0 Å². The Morgan fingerprint density at radius 3 is 1.00 bits per heavy atom. The third-order valence-electron chi connectivity index (χ3n) is 26.0. The van der Waals surface area contributed by atoms with Crippen molar-refractivity contribution in [1.29, 1.82) is 0 Å². The molecular weight excluding hydrogens is 1860 g/mol. The lowest BCUT2D eigenvalue weighted by Gasteiger charge is -2.35. The first-order chi connectivity index (χ1) is 69.2. The fourth-order valence-corrected chi connectivity index (χ4v) is 19.2. The maximum atomic E-state index is 13.1. The number of ether oxygens (including phenoxy) is 5. The van der Waals surface area contributed by atoms with Crippen molar-refractivity contribution in [1.82, 2.24) is 88.6 Å². The molecule has 18 heterocycles. The van der Waals surface area contributed by atoms with Gasteiger partial charge in [-0.15, -0.1) is 30.6 Å². The van der Waals surface area contributed by atoms with Crippen molar-refractivity contribution in [2.24, 2.45) is 17.6 Å². The summed E-state index contributed by atoms with van der Waals surface area (Å²) in [4.78, 5) is 50.7. The molecule has 0 aliphatic carbocycles. The van der Waals surface area contributed by atoms with E-state index in [2.05, 4.69) is 162 Å². The van der Waals surface area contributed by atoms with E-state index in [0.717, 1.165) is 259 Å². The van der Waals surface area contributed by atoms with Crippen LogP contribution in [0.25, 0.3) is 99.5 Å². The molecule has 35 heteroatoms. The number of halogens is 4. The van der Waals surface area contributed by atoms with Gasteiger partial charge >= 0.3 is 0 Å². The zero-order valence-corrected chi connectivity index (χ0v) is 82.6. The number of carbonyl (C=O) groups excluding carboxylic acids is 1. The number of hydrogen-bond acceptors (Lipinski definition) is 24. The molecule has 0 saturated carbocycles. The Kier molecular flexibility index (Phi) is 30.2. The average Bonchev–Trinajstić information content (AvgIpc) is 2.25. The van der Waals surface area contributed by atoms with Gasteiger partial charge in [-0.25, -0.2) is 32.5 Å². The van der Waals surface area contributed by atoms with Gasteiger partial charge in [-0.3, -0.25) is 34.7 Å². The Balaban J connectivity index is 0.000000108. The van der Waals surface area contributed by atoms with Gasteiger partial charge < -0.3 is 58.8 Å². The quantitative estimate of drug-likeness (QED) is 0.0997.